The number of aromatic nitrogens is 4. The van der Waals surface area contributed by atoms with Gasteiger partial charge in [-0.3, -0.25) is 4.79 Å². The molecule has 1 heterocycles. The number of nitrogens with zero attached hydrogens (tertiary/aromatic N) is 5. The number of likely N-dealkylation sites (N-methyl/N-ethyl adjacent to an activating group) is 1. The van der Waals surface area contributed by atoms with Crippen LogP contribution >= 0.6 is 12.6 Å². The Morgan fingerprint density at radius 1 is 1.64 bits per heavy atom. The Bertz CT molecular complexity index is 300. The fourth-order valence-electron chi connectivity index (χ4n) is 0.914. The van der Waals surface area contributed by atoms with Crippen molar-refractivity contribution in [3.63, 3.8) is 0 Å². The molecule has 77 valence electrons. The fourth-order valence-corrected chi connectivity index (χ4v) is 1.10. The molecule has 0 saturated heterocycles. The van der Waals surface area contributed by atoms with Crippen LogP contribution in [0, 0.1) is 0 Å². The lowest BCUT2D eigenvalue weighted by Crippen LogP contribution is -2.20. The van der Waals surface area contributed by atoms with E-state index in [4.69, 9.17) is 0 Å². The first-order chi connectivity index (χ1) is 6.65. The molecular weight excluding hydrogens is 202 g/mol. The van der Waals surface area contributed by atoms with E-state index in [9.17, 15) is 4.79 Å². The van der Waals surface area contributed by atoms with Gasteiger partial charge < -0.3 is 4.90 Å². The van der Waals surface area contributed by atoms with Crippen molar-refractivity contribution in [2.75, 3.05) is 20.6 Å². The maximum absolute atomic E-state index is 10.4. The summed E-state index contributed by atoms with van der Waals surface area (Å²) in [4.78, 5) is 12.4. The van der Waals surface area contributed by atoms with Gasteiger partial charge in [-0.1, -0.05) is 0 Å². The molecule has 0 aliphatic heterocycles. The Morgan fingerprint density at radius 2 is 2.36 bits per heavy atom. The molecule has 0 N–H and O–H groups in total. The highest BCUT2D eigenvalue weighted by molar-refractivity contribution is 7.81. The first-order valence-corrected chi connectivity index (χ1v) is 4.63. The lowest BCUT2D eigenvalue weighted by molar-refractivity contribution is 0.367. The second kappa shape index (κ2) is 5.06. The van der Waals surface area contributed by atoms with Crippen LogP contribution in [0.5, 0.6) is 0 Å². The maximum atomic E-state index is 10.4. The Morgan fingerprint density at radius 3 is 2.93 bits per heavy atom. The topological polar surface area (TPSA) is 63.9 Å². The SMILES string of the molecule is CN(C)CCn1nnnc1C(S)[C]=O. The van der Waals surface area contributed by atoms with Gasteiger partial charge in [-0.2, -0.15) is 12.6 Å². The van der Waals surface area contributed by atoms with Gasteiger partial charge in [0.05, 0.1) is 6.54 Å². The van der Waals surface area contributed by atoms with Gasteiger partial charge in [0.15, 0.2) is 5.82 Å². The number of tetrazole rings is 1. The van der Waals surface area contributed by atoms with Crippen LogP contribution in [0.1, 0.15) is 11.1 Å². The van der Waals surface area contributed by atoms with Crippen LogP contribution in [-0.2, 0) is 11.3 Å². The first kappa shape index (κ1) is 11.1. The fraction of sp³-hybridized carbons (Fsp3) is 0.714. The highest BCUT2D eigenvalue weighted by atomic mass is 32.1. The molecule has 0 spiro atoms. The summed E-state index contributed by atoms with van der Waals surface area (Å²) in [5, 5.41) is 10.3. The monoisotopic (exact) mass is 214 g/mol. The van der Waals surface area contributed by atoms with Gasteiger partial charge in [0.2, 0.25) is 6.29 Å². The van der Waals surface area contributed by atoms with Gasteiger partial charge in [-0.15, -0.1) is 5.10 Å². The van der Waals surface area contributed by atoms with Crippen molar-refractivity contribution in [1.82, 2.24) is 25.1 Å². The van der Waals surface area contributed by atoms with E-state index in [0.717, 1.165) is 6.54 Å². The summed E-state index contributed by atoms with van der Waals surface area (Å²) in [5.41, 5.74) is 0. The maximum Gasteiger partial charge on any atom is 0.220 e. The van der Waals surface area contributed by atoms with E-state index in [1.807, 2.05) is 19.0 Å². The summed E-state index contributed by atoms with van der Waals surface area (Å²) >= 11 is 4.00. The second-order valence-electron chi connectivity index (χ2n) is 3.08. The van der Waals surface area contributed by atoms with E-state index < -0.39 is 5.25 Å². The molecule has 0 aliphatic carbocycles. The molecule has 1 unspecified atom stereocenters. The van der Waals surface area contributed by atoms with E-state index >= 15 is 0 Å². The molecule has 1 aromatic rings. The minimum absolute atomic E-state index is 0.435. The molecule has 1 rings (SSSR count). The van der Waals surface area contributed by atoms with Crippen LogP contribution in [0.4, 0.5) is 0 Å². The van der Waals surface area contributed by atoms with Gasteiger partial charge in [0, 0.05) is 6.54 Å². The van der Waals surface area contributed by atoms with Crippen LogP contribution in [0.25, 0.3) is 0 Å². The van der Waals surface area contributed by atoms with Gasteiger partial charge >= 0.3 is 0 Å². The number of hydrogen-bond acceptors (Lipinski definition) is 6. The Labute approximate surface area is 87.7 Å². The predicted octanol–water partition coefficient (Wildman–Crippen LogP) is -0.685. The zero-order chi connectivity index (χ0) is 10.6. The summed E-state index contributed by atoms with van der Waals surface area (Å²) < 4.78 is 1.56. The first-order valence-electron chi connectivity index (χ1n) is 4.11. The molecule has 0 bridgehead atoms. The van der Waals surface area contributed by atoms with Crippen LogP contribution in [0.2, 0.25) is 0 Å². The lowest BCUT2D eigenvalue weighted by Gasteiger charge is -2.10. The normalized spacial score (nSPS) is 13.1. The predicted molar refractivity (Wildman–Crippen MR) is 53.8 cm³/mol. The minimum Gasteiger partial charge on any atom is -0.308 e. The third kappa shape index (κ3) is 2.78. The van der Waals surface area contributed by atoms with Crippen LogP contribution in [-0.4, -0.2) is 52.0 Å². The molecule has 6 nitrogen and oxygen atoms in total. The number of thiol groups is 1. The third-order valence-corrected chi connectivity index (χ3v) is 2.01. The zero-order valence-electron chi connectivity index (χ0n) is 8.08. The molecule has 1 radical (unpaired) electrons. The second-order valence-corrected chi connectivity index (χ2v) is 3.60. The lowest BCUT2D eigenvalue weighted by atomic mass is 10.4. The van der Waals surface area contributed by atoms with E-state index in [1.54, 1.807) is 11.0 Å². The third-order valence-electron chi connectivity index (χ3n) is 1.67. The molecule has 7 heteroatoms. The Hall–Kier alpha value is -0.950. The van der Waals surface area contributed by atoms with Crippen molar-refractivity contribution in [2.24, 2.45) is 0 Å². The van der Waals surface area contributed by atoms with Crippen molar-refractivity contribution in [1.29, 1.82) is 0 Å². The van der Waals surface area contributed by atoms with Crippen LogP contribution < -0.4 is 0 Å². The van der Waals surface area contributed by atoms with Gasteiger partial charge in [-0.25, -0.2) is 4.68 Å². The van der Waals surface area contributed by atoms with Crippen LogP contribution in [0.15, 0.2) is 0 Å². The van der Waals surface area contributed by atoms with Crippen molar-refractivity contribution < 1.29 is 4.79 Å². The zero-order valence-corrected chi connectivity index (χ0v) is 8.98. The van der Waals surface area contributed by atoms with Gasteiger partial charge in [-0.05, 0) is 24.5 Å². The van der Waals surface area contributed by atoms with Crippen molar-refractivity contribution in [3.05, 3.63) is 5.82 Å². The summed E-state index contributed by atoms with van der Waals surface area (Å²) in [5.74, 6) is 0.435. The van der Waals surface area contributed by atoms with Crippen molar-refractivity contribution in [3.8, 4) is 0 Å². The van der Waals surface area contributed by atoms with Gasteiger partial charge in [0.1, 0.15) is 5.25 Å². The van der Waals surface area contributed by atoms with Crippen LogP contribution in [0.3, 0.4) is 0 Å². The molecule has 0 aliphatic rings. The average Bonchev–Trinajstić information content (AvgIpc) is 2.61. The molecule has 14 heavy (non-hydrogen) atoms. The minimum atomic E-state index is -0.674. The molecule has 0 amide bonds. The average molecular weight is 214 g/mol. The molecule has 0 aromatic carbocycles. The highest BCUT2D eigenvalue weighted by Gasteiger charge is 2.14. The molecular formula is C7H12N5OS. The number of carbonyl (C=O) groups excluding carboxylic acids is 1. The molecule has 0 fully saturated rings. The van der Waals surface area contributed by atoms with E-state index in [-0.39, 0.29) is 0 Å². The number of hydrogen-bond donors (Lipinski definition) is 1. The summed E-state index contributed by atoms with van der Waals surface area (Å²) in [6.45, 7) is 1.44. The summed E-state index contributed by atoms with van der Waals surface area (Å²) in [6.07, 6.45) is 1.73. The quantitative estimate of drug-likeness (QED) is 0.658. The van der Waals surface area contributed by atoms with Crippen molar-refractivity contribution >= 4 is 18.9 Å². The van der Waals surface area contributed by atoms with Gasteiger partial charge in [0.25, 0.3) is 0 Å². The molecule has 1 atom stereocenters. The van der Waals surface area contributed by atoms with E-state index in [1.165, 1.54) is 0 Å². The largest absolute Gasteiger partial charge is 0.308 e. The highest BCUT2D eigenvalue weighted by Crippen LogP contribution is 2.12. The Balaban J connectivity index is 2.67. The number of rotatable bonds is 5. The van der Waals surface area contributed by atoms with E-state index in [2.05, 4.69) is 28.2 Å². The Kier molecular flexibility index (Phi) is 4.02. The molecule has 0 saturated carbocycles. The summed E-state index contributed by atoms with van der Waals surface area (Å²) in [7, 11) is 3.90. The molecule has 1 aromatic heterocycles. The standard InChI is InChI=1S/C7H12N5OS/c1-11(2)3-4-12-7(6(14)5-13)8-9-10-12/h6,14H,3-4H2,1-2H3. The van der Waals surface area contributed by atoms with Crippen molar-refractivity contribution in [2.45, 2.75) is 11.8 Å². The van der Waals surface area contributed by atoms with E-state index in [0.29, 0.717) is 12.4 Å². The summed E-state index contributed by atoms with van der Waals surface area (Å²) in [6, 6.07) is 0. The smallest absolute Gasteiger partial charge is 0.220 e.